The molecule has 2 aromatic carbocycles. The van der Waals surface area contributed by atoms with Gasteiger partial charge in [0.2, 0.25) is 0 Å². The second-order valence-electron chi connectivity index (χ2n) is 7.41. The Morgan fingerprint density at radius 2 is 1.85 bits per heavy atom. The van der Waals surface area contributed by atoms with Gasteiger partial charge in [-0.15, -0.1) is 0 Å². The van der Waals surface area contributed by atoms with Crippen LogP contribution in [0.3, 0.4) is 0 Å². The zero-order chi connectivity index (χ0) is 19.4. The number of hydrogen-bond acceptors (Lipinski definition) is 4. The molecule has 2 amide bonds. The van der Waals surface area contributed by atoms with Gasteiger partial charge < -0.3 is 9.47 Å². The monoisotopic (exact) mass is 368 g/mol. The van der Waals surface area contributed by atoms with E-state index in [0.29, 0.717) is 12.2 Å². The minimum atomic E-state index is -0.559. The Morgan fingerprint density at radius 1 is 1.11 bits per heavy atom. The smallest absolute Gasteiger partial charge is 0.414 e. The summed E-state index contributed by atoms with van der Waals surface area (Å²) in [4.78, 5) is 26.1. The molecule has 1 N–H and O–H groups in total. The highest BCUT2D eigenvalue weighted by atomic mass is 16.6. The van der Waals surface area contributed by atoms with Gasteiger partial charge in [-0.05, 0) is 50.5 Å². The molecule has 0 saturated carbocycles. The number of hydrogen-bond donors (Lipinski definition) is 1. The number of anilines is 2. The van der Waals surface area contributed by atoms with E-state index in [1.165, 1.54) is 0 Å². The van der Waals surface area contributed by atoms with Gasteiger partial charge in [0.15, 0.2) is 0 Å². The van der Waals surface area contributed by atoms with Gasteiger partial charge in [-0.1, -0.05) is 36.4 Å². The Bertz CT molecular complexity index is 828. The van der Waals surface area contributed by atoms with Crippen LogP contribution in [0.4, 0.5) is 21.0 Å². The van der Waals surface area contributed by atoms with E-state index in [4.69, 9.17) is 9.47 Å². The topological polar surface area (TPSA) is 67.9 Å². The van der Waals surface area contributed by atoms with Crippen LogP contribution in [-0.2, 0) is 22.5 Å². The number of nitrogens with one attached hydrogen (secondary N) is 1. The van der Waals surface area contributed by atoms with Crippen molar-refractivity contribution in [2.75, 3.05) is 16.8 Å². The molecule has 0 atom stereocenters. The minimum absolute atomic E-state index is 0.196. The van der Waals surface area contributed by atoms with E-state index in [-0.39, 0.29) is 12.7 Å². The number of fused-ring (bicyclic) bond motifs is 1. The van der Waals surface area contributed by atoms with Crippen LogP contribution in [0.15, 0.2) is 48.5 Å². The third-order valence-corrected chi connectivity index (χ3v) is 4.05. The Kier molecular flexibility index (Phi) is 5.35. The quantitative estimate of drug-likeness (QED) is 0.850. The van der Waals surface area contributed by atoms with Crippen LogP contribution >= 0.6 is 0 Å². The Balaban J connectivity index is 1.64. The van der Waals surface area contributed by atoms with Crippen LogP contribution in [0.5, 0.6) is 0 Å². The van der Waals surface area contributed by atoms with Crippen LogP contribution in [0.25, 0.3) is 0 Å². The number of nitrogens with zero attached hydrogens (tertiary/aromatic N) is 1. The summed E-state index contributed by atoms with van der Waals surface area (Å²) in [7, 11) is 0. The first-order valence-electron chi connectivity index (χ1n) is 8.93. The lowest BCUT2D eigenvalue weighted by atomic mass is 10.1. The van der Waals surface area contributed by atoms with E-state index in [2.05, 4.69) is 5.32 Å². The molecule has 0 saturated heterocycles. The molecule has 6 nitrogen and oxygen atoms in total. The summed E-state index contributed by atoms with van der Waals surface area (Å²) in [6, 6.07) is 15.0. The predicted octanol–water partition coefficient (Wildman–Crippen LogP) is 4.73. The second kappa shape index (κ2) is 7.70. The summed E-state index contributed by atoms with van der Waals surface area (Å²) < 4.78 is 10.7. The summed E-state index contributed by atoms with van der Waals surface area (Å²) in [5.41, 5.74) is 2.73. The molecule has 1 aliphatic rings. The fourth-order valence-electron chi connectivity index (χ4n) is 2.84. The third kappa shape index (κ3) is 5.00. The standard InChI is InChI=1S/C21H24N2O4/c1-21(2,3)27-20(25)23-12-11-16-9-10-17(13-18(16)23)22-19(24)26-14-15-7-5-4-6-8-15/h4-10,13H,11-12,14H2,1-3H3,(H,22,24). The first-order chi connectivity index (χ1) is 12.8. The molecule has 0 fully saturated rings. The lowest BCUT2D eigenvalue weighted by molar-refractivity contribution is 0.0584. The van der Waals surface area contributed by atoms with E-state index < -0.39 is 11.7 Å². The molecular weight excluding hydrogens is 344 g/mol. The zero-order valence-electron chi connectivity index (χ0n) is 15.8. The Labute approximate surface area is 159 Å². The average Bonchev–Trinajstić information content (AvgIpc) is 3.03. The molecule has 1 heterocycles. The lowest BCUT2D eigenvalue weighted by Crippen LogP contribution is -2.35. The van der Waals surface area contributed by atoms with Gasteiger partial charge in [0.1, 0.15) is 12.2 Å². The van der Waals surface area contributed by atoms with Gasteiger partial charge in [-0.25, -0.2) is 9.59 Å². The highest BCUT2D eigenvalue weighted by Crippen LogP contribution is 2.32. The van der Waals surface area contributed by atoms with Crippen LogP contribution in [0.2, 0.25) is 0 Å². The molecule has 0 unspecified atom stereocenters. The number of ether oxygens (including phenoxy) is 2. The van der Waals surface area contributed by atoms with Gasteiger partial charge in [0.25, 0.3) is 0 Å². The number of benzene rings is 2. The van der Waals surface area contributed by atoms with E-state index in [1.807, 2.05) is 57.2 Å². The molecule has 0 aromatic heterocycles. The molecule has 3 rings (SSSR count). The van der Waals surface area contributed by atoms with Crippen LogP contribution in [-0.4, -0.2) is 24.3 Å². The normalized spacial score (nSPS) is 13.1. The molecule has 0 radical (unpaired) electrons. The van der Waals surface area contributed by atoms with Crippen molar-refractivity contribution in [3.63, 3.8) is 0 Å². The van der Waals surface area contributed by atoms with Crippen molar-refractivity contribution in [1.82, 2.24) is 0 Å². The van der Waals surface area contributed by atoms with Crippen molar-refractivity contribution in [2.24, 2.45) is 0 Å². The number of carbonyl (C=O) groups excluding carboxylic acids is 2. The lowest BCUT2D eigenvalue weighted by Gasteiger charge is -2.25. The summed E-state index contributed by atoms with van der Waals surface area (Å²) >= 11 is 0. The SMILES string of the molecule is CC(C)(C)OC(=O)N1CCc2ccc(NC(=O)OCc3ccccc3)cc21. The van der Waals surface area contributed by atoms with Crippen molar-refractivity contribution in [2.45, 2.75) is 39.4 Å². The highest BCUT2D eigenvalue weighted by Gasteiger charge is 2.29. The van der Waals surface area contributed by atoms with E-state index in [0.717, 1.165) is 23.2 Å². The molecule has 0 spiro atoms. The molecule has 0 bridgehead atoms. The molecule has 6 heteroatoms. The van der Waals surface area contributed by atoms with Crippen LogP contribution < -0.4 is 10.2 Å². The van der Waals surface area contributed by atoms with Crippen LogP contribution in [0, 0.1) is 0 Å². The van der Waals surface area contributed by atoms with Gasteiger partial charge in [0.05, 0.1) is 5.69 Å². The van der Waals surface area contributed by atoms with E-state index in [1.54, 1.807) is 17.0 Å². The van der Waals surface area contributed by atoms with Crippen molar-refractivity contribution < 1.29 is 19.1 Å². The van der Waals surface area contributed by atoms with Crippen molar-refractivity contribution in [3.8, 4) is 0 Å². The summed E-state index contributed by atoms with van der Waals surface area (Å²) in [6.45, 7) is 6.27. The summed E-state index contributed by atoms with van der Waals surface area (Å²) in [5, 5.41) is 2.71. The van der Waals surface area contributed by atoms with E-state index >= 15 is 0 Å². The predicted molar refractivity (Wildman–Crippen MR) is 104 cm³/mol. The van der Waals surface area contributed by atoms with Gasteiger partial charge in [0, 0.05) is 12.2 Å². The third-order valence-electron chi connectivity index (χ3n) is 4.05. The number of carbonyl (C=O) groups is 2. The van der Waals surface area contributed by atoms with E-state index in [9.17, 15) is 9.59 Å². The first-order valence-corrected chi connectivity index (χ1v) is 8.93. The number of rotatable bonds is 3. The second-order valence-corrected chi connectivity index (χ2v) is 7.41. The van der Waals surface area contributed by atoms with Gasteiger partial charge in [-0.2, -0.15) is 0 Å². The maximum Gasteiger partial charge on any atom is 0.414 e. The van der Waals surface area contributed by atoms with Crippen molar-refractivity contribution in [1.29, 1.82) is 0 Å². The zero-order valence-corrected chi connectivity index (χ0v) is 15.8. The highest BCUT2D eigenvalue weighted by molar-refractivity contribution is 5.93. The number of amides is 2. The molecule has 27 heavy (non-hydrogen) atoms. The Hall–Kier alpha value is -3.02. The fourth-order valence-corrected chi connectivity index (χ4v) is 2.84. The van der Waals surface area contributed by atoms with Gasteiger partial charge >= 0.3 is 12.2 Å². The summed E-state index contributed by atoms with van der Waals surface area (Å²) in [5.74, 6) is 0. The molecule has 2 aromatic rings. The largest absolute Gasteiger partial charge is 0.444 e. The van der Waals surface area contributed by atoms with Crippen LogP contribution in [0.1, 0.15) is 31.9 Å². The van der Waals surface area contributed by atoms with Crippen molar-refractivity contribution in [3.05, 3.63) is 59.7 Å². The average molecular weight is 368 g/mol. The van der Waals surface area contributed by atoms with Gasteiger partial charge in [-0.3, -0.25) is 10.2 Å². The fraction of sp³-hybridized carbons (Fsp3) is 0.333. The molecular formula is C21H24N2O4. The van der Waals surface area contributed by atoms with Crippen molar-refractivity contribution >= 4 is 23.6 Å². The first kappa shape index (κ1) is 18.8. The maximum absolute atomic E-state index is 12.4. The molecule has 142 valence electrons. The molecule has 0 aliphatic carbocycles. The summed E-state index contributed by atoms with van der Waals surface area (Å²) in [6.07, 6.45) is -0.168. The Morgan fingerprint density at radius 3 is 2.56 bits per heavy atom. The maximum atomic E-state index is 12.4. The minimum Gasteiger partial charge on any atom is -0.444 e. The molecule has 1 aliphatic heterocycles.